The van der Waals surface area contributed by atoms with Crippen molar-refractivity contribution < 1.29 is 4.79 Å². The van der Waals surface area contributed by atoms with Gasteiger partial charge in [0.2, 0.25) is 0 Å². The topological polar surface area (TPSA) is 66.1 Å². The first-order valence-corrected chi connectivity index (χ1v) is 7.43. The number of nitrogens with one attached hydrogen (secondary N) is 3. The van der Waals surface area contributed by atoms with E-state index in [2.05, 4.69) is 21.2 Å². The number of thiocarbonyl (C=S) groups is 1. The van der Waals surface area contributed by atoms with Crippen molar-refractivity contribution in [2.75, 3.05) is 5.32 Å². The SMILES string of the molecule is O=C(NNC(=S)Nc1c(Cl)cc(Cl)cc1Cl)c1cccnc1. The zero-order valence-electron chi connectivity index (χ0n) is 10.9. The van der Waals surface area contributed by atoms with Crippen LogP contribution in [0.1, 0.15) is 10.4 Å². The minimum absolute atomic E-state index is 0.114. The second-order valence-corrected chi connectivity index (χ2v) is 5.68. The number of anilines is 1. The van der Waals surface area contributed by atoms with E-state index in [0.29, 0.717) is 26.3 Å². The summed E-state index contributed by atoms with van der Waals surface area (Å²) in [4.78, 5) is 15.7. The maximum atomic E-state index is 11.8. The summed E-state index contributed by atoms with van der Waals surface area (Å²) in [5.41, 5.74) is 5.74. The van der Waals surface area contributed by atoms with E-state index in [-0.39, 0.29) is 11.0 Å². The van der Waals surface area contributed by atoms with Gasteiger partial charge in [-0.1, -0.05) is 34.8 Å². The number of rotatable bonds is 2. The molecule has 0 atom stereocenters. The Morgan fingerprint density at radius 3 is 2.41 bits per heavy atom. The van der Waals surface area contributed by atoms with Crippen LogP contribution in [0.2, 0.25) is 15.1 Å². The largest absolute Gasteiger partial charge is 0.329 e. The summed E-state index contributed by atoms with van der Waals surface area (Å²) in [7, 11) is 0. The van der Waals surface area contributed by atoms with E-state index < -0.39 is 0 Å². The van der Waals surface area contributed by atoms with Crippen molar-refractivity contribution in [1.82, 2.24) is 15.8 Å². The molecule has 2 aromatic rings. The summed E-state index contributed by atoms with van der Waals surface area (Å²) >= 11 is 22.9. The van der Waals surface area contributed by atoms with Gasteiger partial charge in [0.05, 0.1) is 21.3 Å². The highest BCUT2D eigenvalue weighted by Crippen LogP contribution is 2.33. The molecule has 0 bridgehead atoms. The molecule has 0 saturated carbocycles. The lowest BCUT2D eigenvalue weighted by molar-refractivity contribution is 0.0944. The predicted molar refractivity (Wildman–Crippen MR) is 92.5 cm³/mol. The second-order valence-electron chi connectivity index (χ2n) is 4.02. The molecule has 0 aliphatic rings. The number of halogens is 3. The molecule has 9 heteroatoms. The van der Waals surface area contributed by atoms with Gasteiger partial charge in [0, 0.05) is 17.4 Å². The molecular weight excluding hydrogens is 367 g/mol. The monoisotopic (exact) mass is 374 g/mol. The smallest absolute Gasteiger partial charge is 0.271 e. The Morgan fingerprint density at radius 1 is 1.14 bits per heavy atom. The van der Waals surface area contributed by atoms with Crippen molar-refractivity contribution in [3.63, 3.8) is 0 Å². The fourth-order valence-corrected chi connectivity index (χ4v) is 2.55. The van der Waals surface area contributed by atoms with Gasteiger partial charge in [-0.3, -0.25) is 20.6 Å². The molecule has 114 valence electrons. The van der Waals surface area contributed by atoms with Crippen molar-refractivity contribution in [3.8, 4) is 0 Å². The molecule has 0 saturated heterocycles. The van der Waals surface area contributed by atoms with Gasteiger partial charge in [0.25, 0.3) is 5.91 Å². The van der Waals surface area contributed by atoms with Gasteiger partial charge >= 0.3 is 0 Å². The highest BCUT2D eigenvalue weighted by Gasteiger charge is 2.10. The normalized spacial score (nSPS) is 9.95. The molecule has 0 aliphatic carbocycles. The molecule has 1 aromatic carbocycles. The molecule has 0 aliphatic heterocycles. The van der Waals surface area contributed by atoms with E-state index in [9.17, 15) is 4.79 Å². The number of amides is 1. The van der Waals surface area contributed by atoms with Crippen molar-refractivity contribution in [2.45, 2.75) is 0 Å². The van der Waals surface area contributed by atoms with Gasteiger partial charge in [-0.15, -0.1) is 0 Å². The zero-order valence-corrected chi connectivity index (χ0v) is 13.9. The first kappa shape index (κ1) is 16.8. The Kier molecular flexibility index (Phi) is 5.79. The fourth-order valence-electron chi connectivity index (χ4n) is 1.49. The first-order valence-electron chi connectivity index (χ1n) is 5.89. The number of hydrazine groups is 1. The second kappa shape index (κ2) is 7.60. The number of nitrogens with zero attached hydrogens (tertiary/aromatic N) is 1. The molecular formula is C13H9Cl3N4OS. The van der Waals surface area contributed by atoms with Gasteiger partial charge in [0.15, 0.2) is 5.11 Å². The van der Waals surface area contributed by atoms with Crippen LogP contribution in [0.3, 0.4) is 0 Å². The summed E-state index contributed by atoms with van der Waals surface area (Å²) in [6.07, 6.45) is 3.00. The molecule has 0 radical (unpaired) electrons. The van der Waals surface area contributed by atoms with Crippen LogP contribution in [0.4, 0.5) is 5.69 Å². The Labute approximate surface area is 146 Å². The van der Waals surface area contributed by atoms with Gasteiger partial charge < -0.3 is 5.32 Å². The molecule has 0 spiro atoms. The van der Waals surface area contributed by atoms with Crippen LogP contribution in [0.15, 0.2) is 36.7 Å². The number of carbonyl (C=O) groups is 1. The lowest BCUT2D eigenvalue weighted by Gasteiger charge is -2.14. The Bertz CT molecular complexity index is 689. The van der Waals surface area contributed by atoms with E-state index in [1.807, 2.05) is 0 Å². The molecule has 5 nitrogen and oxygen atoms in total. The number of carbonyl (C=O) groups excluding carboxylic acids is 1. The van der Waals surface area contributed by atoms with Gasteiger partial charge in [0.1, 0.15) is 0 Å². The van der Waals surface area contributed by atoms with Gasteiger partial charge in [-0.05, 0) is 36.5 Å². The van der Waals surface area contributed by atoms with E-state index in [1.54, 1.807) is 18.3 Å². The minimum atomic E-state index is -0.384. The van der Waals surface area contributed by atoms with Gasteiger partial charge in [-0.25, -0.2) is 0 Å². The third kappa shape index (κ3) is 4.45. The van der Waals surface area contributed by atoms with Crippen LogP contribution < -0.4 is 16.2 Å². The highest BCUT2D eigenvalue weighted by atomic mass is 35.5. The van der Waals surface area contributed by atoms with Crippen molar-refractivity contribution in [3.05, 3.63) is 57.3 Å². The number of hydrogen-bond donors (Lipinski definition) is 3. The summed E-state index contributed by atoms with van der Waals surface area (Å²) in [5.74, 6) is -0.384. The Hall–Kier alpha value is -1.60. The molecule has 0 unspecified atom stereocenters. The molecule has 22 heavy (non-hydrogen) atoms. The van der Waals surface area contributed by atoms with Crippen LogP contribution in [-0.2, 0) is 0 Å². The average Bonchev–Trinajstić information content (AvgIpc) is 2.49. The van der Waals surface area contributed by atoms with E-state index >= 15 is 0 Å². The third-order valence-corrected chi connectivity index (χ3v) is 3.48. The quantitative estimate of drug-likeness (QED) is 0.552. The van der Waals surface area contributed by atoms with E-state index in [1.165, 1.54) is 18.3 Å². The summed E-state index contributed by atoms with van der Waals surface area (Å²) in [5, 5.41) is 3.91. The zero-order chi connectivity index (χ0) is 16.1. The van der Waals surface area contributed by atoms with Gasteiger partial charge in [-0.2, -0.15) is 0 Å². The minimum Gasteiger partial charge on any atom is -0.329 e. The van der Waals surface area contributed by atoms with Crippen LogP contribution >= 0.6 is 47.0 Å². The molecule has 1 amide bonds. The summed E-state index contributed by atoms with van der Waals surface area (Å²) < 4.78 is 0. The van der Waals surface area contributed by atoms with Crippen molar-refractivity contribution in [1.29, 1.82) is 0 Å². The van der Waals surface area contributed by atoms with Crippen molar-refractivity contribution in [2.24, 2.45) is 0 Å². The first-order chi connectivity index (χ1) is 10.5. The summed E-state index contributed by atoms with van der Waals surface area (Å²) in [6.45, 7) is 0. The molecule has 2 rings (SSSR count). The number of pyridine rings is 1. The number of hydrogen-bond acceptors (Lipinski definition) is 3. The standard InChI is InChI=1S/C13H9Cl3N4OS/c14-8-4-9(15)11(10(16)5-8)18-13(22)20-19-12(21)7-2-1-3-17-6-7/h1-6H,(H,19,21)(H2,18,20,22). The van der Waals surface area contributed by atoms with Crippen LogP contribution in [0.5, 0.6) is 0 Å². The third-order valence-electron chi connectivity index (χ3n) is 2.46. The number of aromatic nitrogens is 1. The molecule has 1 heterocycles. The highest BCUT2D eigenvalue weighted by molar-refractivity contribution is 7.80. The molecule has 3 N–H and O–H groups in total. The van der Waals surface area contributed by atoms with Crippen LogP contribution in [0.25, 0.3) is 0 Å². The Morgan fingerprint density at radius 2 is 1.82 bits per heavy atom. The van der Waals surface area contributed by atoms with Crippen LogP contribution in [0, 0.1) is 0 Å². The van der Waals surface area contributed by atoms with E-state index in [4.69, 9.17) is 47.0 Å². The van der Waals surface area contributed by atoms with Crippen molar-refractivity contribution >= 4 is 63.7 Å². The number of benzene rings is 1. The van der Waals surface area contributed by atoms with Crippen LogP contribution in [-0.4, -0.2) is 16.0 Å². The predicted octanol–water partition coefficient (Wildman–Crippen LogP) is 3.67. The Balaban J connectivity index is 1.95. The molecule has 1 aromatic heterocycles. The van der Waals surface area contributed by atoms with E-state index in [0.717, 1.165) is 0 Å². The lowest BCUT2D eigenvalue weighted by atomic mass is 10.3. The fraction of sp³-hybridized carbons (Fsp3) is 0. The lowest BCUT2D eigenvalue weighted by Crippen LogP contribution is -2.43. The summed E-state index contributed by atoms with van der Waals surface area (Å²) in [6, 6.07) is 6.31. The molecule has 0 fully saturated rings. The maximum absolute atomic E-state index is 11.8. The maximum Gasteiger partial charge on any atom is 0.271 e. The average molecular weight is 376 g/mol.